The average molecular weight is 650 g/mol. The molecule has 0 aliphatic carbocycles. The smallest absolute Gasteiger partial charge is 0.326 e. The first-order chi connectivity index (χ1) is 20.0. The average Bonchev–Trinajstić information content (AvgIpc) is 3.70. The lowest BCUT2D eigenvalue weighted by Crippen LogP contribution is -2.46. The van der Waals surface area contributed by atoms with Crippen molar-refractivity contribution in [3.8, 4) is 0 Å². The summed E-state index contributed by atoms with van der Waals surface area (Å²) < 4.78 is 49.8. The molecule has 0 amide bonds. The molecule has 4 aromatic rings. The molecule has 2 aliphatic heterocycles. The molecule has 18 nitrogen and oxygen atoms in total. The number of nitrogens with one attached hydrogen (secondary N) is 1. The zero-order valence-electron chi connectivity index (χ0n) is 21.0. The Morgan fingerprint density at radius 3 is 2.81 bits per heavy atom. The van der Waals surface area contributed by atoms with E-state index < -0.39 is 67.2 Å². The fourth-order valence-electron chi connectivity index (χ4n) is 4.74. The first-order valence-electron chi connectivity index (χ1n) is 12.0. The topological polar surface area (TPSA) is 260 Å². The zero-order valence-corrected chi connectivity index (χ0v) is 23.5. The number of aliphatic hydroxyl groups is 2. The van der Waals surface area contributed by atoms with Crippen LogP contribution in [-0.2, 0) is 31.3 Å². The van der Waals surface area contributed by atoms with Crippen molar-refractivity contribution in [3.05, 3.63) is 23.0 Å². The highest BCUT2D eigenvalue weighted by atomic mass is 32.5. The van der Waals surface area contributed by atoms with E-state index in [0.717, 1.165) is 33.7 Å². The maximum absolute atomic E-state index is 15.9. The second-order valence-electron chi connectivity index (χ2n) is 9.34. The number of halogens is 2. The van der Waals surface area contributed by atoms with E-state index in [1.165, 1.54) is 0 Å². The van der Waals surface area contributed by atoms with Crippen LogP contribution in [0.15, 0.2) is 17.4 Å². The van der Waals surface area contributed by atoms with Gasteiger partial charge in [-0.2, -0.15) is 9.67 Å². The molecule has 2 saturated heterocycles. The Morgan fingerprint density at radius 1 is 1.29 bits per heavy atom. The summed E-state index contributed by atoms with van der Waals surface area (Å²) in [5, 5.41) is 26.8. The molecular formula is C19H22F2N11O7PS2. The number of hydrogen-bond donors (Lipinski definition) is 6. The van der Waals surface area contributed by atoms with Gasteiger partial charge in [-0.1, -0.05) is 5.21 Å². The first-order valence-corrected chi connectivity index (χ1v) is 15.7. The van der Waals surface area contributed by atoms with E-state index in [4.69, 9.17) is 37.1 Å². The van der Waals surface area contributed by atoms with Crippen molar-refractivity contribution in [1.82, 2.24) is 44.5 Å². The van der Waals surface area contributed by atoms with Crippen LogP contribution >= 0.6 is 18.5 Å². The molecule has 1 unspecified atom stereocenters. The summed E-state index contributed by atoms with van der Waals surface area (Å²) >= 11 is 6.14. The standard InChI is InChI=1S/C19H22F2N11O7PS2/c20-8-11(34)6(38-17(8)32-14-9(29-30-32)13(22)24-4-25-14)2-37-40(36,41)39-19(3-42-7(1-33)12(19)21)31-5-26-10-15(31)27-18(23)28-16(10)35/h4-8,11-12,17,33-34H,1-3H2,(H,36,41)(H2,22,24,25)(H3,23,27,28,35)/t6-,7-,8+,11-,12+,17-,19-,40?/m1/s1. The minimum Gasteiger partial charge on any atom is -0.395 e. The molecule has 226 valence electrons. The Balaban J connectivity index is 1.25. The van der Waals surface area contributed by atoms with Crippen LogP contribution < -0.4 is 17.0 Å². The third-order valence-corrected chi connectivity index (χ3v) is 9.73. The Kier molecular flexibility index (Phi) is 7.38. The number of nitrogens with zero attached hydrogens (tertiary/aromatic N) is 8. The third-order valence-electron chi connectivity index (χ3n) is 6.77. The van der Waals surface area contributed by atoms with Gasteiger partial charge in [0.05, 0.1) is 24.8 Å². The van der Waals surface area contributed by atoms with Gasteiger partial charge < -0.3 is 35.8 Å². The van der Waals surface area contributed by atoms with Gasteiger partial charge >= 0.3 is 6.72 Å². The number of anilines is 2. The van der Waals surface area contributed by atoms with Crippen LogP contribution in [0.25, 0.3) is 22.3 Å². The van der Waals surface area contributed by atoms with Crippen molar-refractivity contribution in [3.63, 3.8) is 0 Å². The van der Waals surface area contributed by atoms with Gasteiger partial charge in [-0.25, -0.2) is 23.7 Å². The van der Waals surface area contributed by atoms with E-state index >= 15 is 8.78 Å². The SMILES string of the molecule is Nc1nc2c(ncn2[C@@]2(OP(O)(=S)OC[C@H]3O[C@@H](n4nnc5c(N)ncnc54)[C@@H](F)[C@@H]3O)CS[C@H](CO)[C@@H]2F)c(=O)[nH]1. The lowest BCUT2D eigenvalue weighted by molar-refractivity contribution is -0.0764. The van der Waals surface area contributed by atoms with Crippen LogP contribution in [0.3, 0.4) is 0 Å². The van der Waals surface area contributed by atoms with Gasteiger partial charge in [-0.15, -0.1) is 16.9 Å². The van der Waals surface area contributed by atoms with Crippen molar-refractivity contribution >= 4 is 64.4 Å². The van der Waals surface area contributed by atoms with Gasteiger partial charge in [0.2, 0.25) is 5.95 Å². The highest BCUT2D eigenvalue weighted by Crippen LogP contribution is 2.56. The number of aromatic amines is 1. The normalized spacial score (nSPS) is 31.3. The van der Waals surface area contributed by atoms with E-state index in [1.807, 2.05) is 0 Å². The van der Waals surface area contributed by atoms with E-state index in [0.29, 0.717) is 0 Å². The molecule has 2 fully saturated rings. The number of H-pyrrole nitrogens is 1. The van der Waals surface area contributed by atoms with E-state index in [9.17, 15) is 19.9 Å². The molecule has 0 aromatic carbocycles. The number of aromatic nitrogens is 9. The van der Waals surface area contributed by atoms with Crippen LogP contribution in [0.4, 0.5) is 20.5 Å². The van der Waals surface area contributed by atoms with Crippen LogP contribution in [0, 0.1) is 0 Å². The number of nitrogen functional groups attached to an aromatic ring is 2. The molecule has 23 heteroatoms. The van der Waals surface area contributed by atoms with E-state index in [1.54, 1.807) is 0 Å². The fraction of sp³-hybridized carbons (Fsp3) is 0.526. The van der Waals surface area contributed by atoms with Crippen molar-refractivity contribution in [2.75, 3.05) is 30.4 Å². The van der Waals surface area contributed by atoms with Crippen molar-refractivity contribution in [2.24, 2.45) is 0 Å². The monoisotopic (exact) mass is 649 g/mol. The Hall–Kier alpha value is -2.95. The molecule has 0 spiro atoms. The minimum absolute atomic E-state index is 0.0000182. The summed E-state index contributed by atoms with van der Waals surface area (Å²) in [6.45, 7) is -5.71. The second kappa shape index (κ2) is 10.6. The number of alkyl halides is 2. The third kappa shape index (κ3) is 4.72. The van der Waals surface area contributed by atoms with Crippen LogP contribution in [0.2, 0.25) is 0 Å². The van der Waals surface area contributed by atoms with Crippen LogP contribution in [0.1, 0.15) is 6.23 Å². The van der Waals surface area contributed by atoms with E-state index in [-0.39, 0.29) is 39.8 Å². The predicted octanol–water partition coefficient (Wildman–Crippen LogP) is -1.54. The largest absolute Gasteiger partial charge is 0.395 e. The minimum atomic E-state index is -4.43. The number of fused-ring (bicyclic) bond motifs is 2. The Bertz CT molecular complexity index is 1760. The quantitative estimate of drug-likeness (QED) is 0.118. The molecule has 6 heterocycles. The van der Waals surface area contributed by atoms with Crippen molar-refractivity contribution in [2.45, 2.75) is 41.8 Å². The lowest BCUT2D eigenvalue weighted by atomic mass is 10.1. The maximum atomic E-state index is 15.9. The number of aliphatic hydroxyl groups excluding tert-OH is 2. The first kappa shape index (κ1) is 29.1. The van der Waals surface area contributed by atoms with E-state index in [2.05, 4.69) is 35.2 Å². The van der Waals surface area contributed by atoms with Crippen molar-refractivity contribution in [1.29, 1.82) is 0 Å². The lowest BCUT2D eigenvalue weighted by Gasteiger charge is -2.35. The fourth-order valence-corrected chi connectivity index (χ4v) is 7.73. The molecule has 4 aromatic heterocycles. The molecule has 42 heavy (non-hydrogen) atoms. The number of hydrogen-bond acceptors (Lipinski definition) is 16. The summed E-state index contributed by atoms with van der Waals surface area (Å²) in [6.07, 6.45) is -6.53. The number of imidazole rings is 1. The van der Waals surface area contributed by atoms with Gasteiger partial charge in [0.1, 0.15) is 18.5 Å². The van der Waals surface area contributed by atoms with Crippen LogP contribution in [0.5, 0.6) is 0 Å². The Labute approximate surface area is 241 Å². The van der Waals surface area contributed by atoms with Gasteiger partial charge in [-0.05, 0) is 11.8 Å². The number of ether oxygens (including phenoxy) is 1. The molecular weight excluding hydrogens is 627 g/mol. The Morgan fingerprint density at radius 2 is 2.07 bits per heavy atom. The molecule has 0 bridgehead atoms. The summed E-state index contributed by atoms with van der Waals surface area (Å²) in [6, 6.07) is 0. The molecule has 8 atom stereocenters. The molecule has 2 aliphatic rings. The molecule has 0 radical (unpaired) electrons. The highest BCUT2D eigenvalue weighted by Gasteiger charge is 2.56. The highest BCUT2D eigenvalue weighted by molar-refractivity contribution is 8.07. The number of nitrogens with two attached hydrogens (primary N) is 2. The summed E-state index contributed by atoms with van der Waals surface area (Å²) in [7, 11) is 0. The van der Waals surface area contributed by atoms with Gasteiger partial charge in [0, 0.05) is 5.75 Å². The van der Waals surface area contributed by atoms with Crippen LogP contribution in [-0.4, -0.2) is 108 Å². The van der Waals surface area contributed by atoms with Gasteiger partial charge in [-0.3, -0.25) is 18.9 Å². The zero-order chi connectivity index (χ0) is 30.0. The summed E-state index contributed by atoms with van der Waals surface area (Å²) in [4.78, 5) is 41.4. The summed E-state index contributed by atoms with van der Waals surface area (Å²) in [5.74, 6) is -0.510. The van der Waals surface area contributed by atoms with Gasteiger partial charge in [0.25, 0.3) is 5.56 Å². The number of thioether (sulfide) groups is 1. The predicted molar refractivity (Wildman–Crippen MR) is 145 cm³/mol. The van der Waals surface area contributed by atoms with Gasteiger partial charge in [0.15, 0.2) is 52.4 Å². The maximum Gasteiger partial charge on any atom is 0.326 e. The molecule has 8 N–H and O–H groups in total. The van der Waals surface area contributed by atoms with Crippen molar-refractivity contribution < 1.29 is 37.7 Å². The molecule has 0 saturated carbocycles. The number of rotatable bonds is 8. The molecule has 6 rings (SSSR count). The second-order valence-corrected chi connectivity index (χ2v) is 13.3. The summed E-state index contributed by atoms with van der Waals surface area (Å²) in [5.41, 5.74) is 8.33.